The first-order valence-corrected chi connectivity index (χ1v) is 5.65. The van der Waals surface area contributed by atoms with Crippen LogP contribution in [-0.2, 0) is 9.53 Å². The molecule has 16 heavy (non-hydrogen) atoms. The minimum atomic E-state index is -0.791. The molecule has 5 heteroatoms. The van der Waals surface area contributed by atoms with Gasteiger partial charge in [-0.1, -0.05) is 6.07 Å². The van der Waals surface area contributed by atoms with Crippen molar-refractivity contribution in [3.63, 3.8) is 0 Å². The van der Waals surface area contributed by atoms with Gasteiger partial charge in [-0.25, -0.2) is 4.98 Å². The fraction of sp³-hybridized carbons (Fsp3) is 0.455. The first kappa shape index (κ1) is 13.1. The number of rotatable bonds is 3. The number of carbonyl (C=O) groups is 1. The van der Waals surface area contributed by atoms with Gasteiger partial charge in [0.1, 0.15) is 4.60 Å². The second-order valence-electron chi connectivity index (χ2n) is 4.07. The van der Waals surface area contributed by atoms with Gasteiger partial charge in [-0.05, 0) is 35.8 Å². The van der Waals surface area contributed by atoms with Gasteiger partial charge < -0.3 is 10.5 Å². The van der Waals surface area contributed by atoms with E-state index < -0.39 is 11.5 Å². The van der Waals surface area contributed by atoms with E-state index in [0.29, 0.717) is 4.60 Å². The summed E-state index contributed by atoms with van der Waals surface area (Å²) in [5, 5.41) is 0. The van der Waals surface area contributed by atoms with Crippen molar-refractivity contribution in [2.24, 2.45) is 11.1 Å². The lowest BCUT2D eigenvalue weighted by molar-refractivity contribution is -0.152. The van der Waals surface area contributed by atoms with Gasteiger partial charge in [0.25, 0.3) is 0 Å². The summed E-state index contributed by atoms with van der Waals surface area (Å²) in [6.45, 7) is 3.51. The summed E-state index contributed by atoms with van der Waals surface area (Å²) in [7, 11) is 1.36. The third-order valence-electron chi connectivity index (χ3n) is 2.61. The van der Waals surface area contributed by atoms with E-state index in [1.54, 1.807) is 26.1 Å². The van der Waals surface area contributed by atoms with Crippen molar-refractivity contribution < 1.29 is 9.53 Å². The molecule has 0 spiro atoms. The van der Waals surface area contributed by atoms with Crippen LogP contribution in [-0.4, -0.2) is 18.1 Å². The molecule has 0 aliphatic rings. The van der Waals surface area contributed by atoms with Crippen LogP contribution in [0.5, 0.6) is 0 Å². The van der Waals surface area contributed by atoms with Crippen LogP contribution in [0.25, 0.3) is 0 Å². The maximum Gasteiger partial charge on any atom is 0.313 e. The number of hydrogen-bond donors (Lipinski definition) is 1. The zero-order chi connectivity index (χ0) is 12.3. The summed E-state index contributed by atoms with van der Waals surface area (Å²) < 4.78 is 5.40. The van der Waals surface area contributed by atoms with Gasteiger partial charge in [0, 0.05) is 17.8 Å². The predicted octanol–water partition coefficient (Wildman–Crippen LogP) is 2.04. The number of halogens is 1. The lowest BCUT2D eigenvalue weighted by atomic mass is 9.81. The monoisotopic (exact) mass is 286 g/mol. The molecule has 1 heterocycles. The van der Waals surface area contributed by atoms with Crippen molar-refractivity contribution in [2.75, 3.05) is 7.11 Å². The highest BCUT2D eigenvalue weighted by atomic mass is 79.9. The van der Waals surface area contributed by atoms with E-state index >= 15 is 0 Å². The summed E-state index contributed by atoms with van der Waals surface area (Å²) in [5.41, 5.74) is 6.08. The molecular weight excluding hydrogens is 272 g/mol. The van der Waals surface area contributed by atoms with E-state index in [0.717, 1.165) is 5.56 Å². The van der Waals surface area contributed by atoms with Crippen LogP contribution in [0.15, 0.2) is 22.9 Å². The molecule has 88 valence electrons. The van der Waals surface area contributed by atoms with Crippen LogP contribution < -0.4 is 5.73 Å². The van der Waals surface area contributed by atoms with E-state index in [1.165, 1.54) is 7.11 Å². The van der Waals surface area contributed by atoms with E-state index in [9.17, 15) is 4.79 Å². The Hall–Kier alpha value is -0.940. The van der Waals surface area contributed by atoms with Crippen molar-refractivity contribution in [2.45, 2.75) is 19.9 Å². The van der Waals surface area contributed by atoms with Crippen LogP contribution in [0.1, 0.15) is 25.5 Å². The summed E-state index contributed by atoms with van der Waals surface area (Å²) in [5.74, 6) is -0.337. The summed E-state index contributed by atoms with van der Waals surface area (Å²) in [6, 6.07) is 3.16. The lowest BCUT2D eigenvalue weighted by Crippen LogP contribution is -2.37. The van der Waals surface area contributed by atoms with Crippen LogP contribution in [0.3, 0.4) is 0 Å². The van der Waals surface area contributed by atoms with Crippen LogP contribution in [0, 0.1) is 5.41 Å². The van der Waals surface area contributed by atoms with Gasteiger partial charge in [-0.15, -0.1) is 0 Å². The maximum atomic E-state index is 11.6. The smallest absolute Gasteiger partial charge is 0.313 e. The largest absolute Gasteiger partial charge is 0.469 e. The number of pyridine rings is 1. The maximum absolute atomic E-state index is 11.6. The minimum absolute atomic E-state index is 0.337. The number of carbonyl (C=O) groups excluding carboxylic acids is 1. The first-order chi connectivity index (χ1) is 7.41. The van der Waals surface area contributed by atoms with Gasteiger partial charge in [-0.3, -0.25) is 4.79 Å². The second kappa shape index (κ2) is 4.93. The molecule has 0 unspecified atom stereocenters. The molecule has 0 saturated carbocycles. The van der Waals surface area contributed by atoms with E-state index in [4.69, 9.17) is 10.5 Å². The molecular formula is C11H15BrN2O2. The lowest BCUT2D eigenvalue weighted by Gasteiger charge is -2.29. The van der Waals surface area contributed by atoms with Gasteiger partial charge >= 0.3 is 5.97 Å². The second-order valence-corrected chi connectivity index (χ2v) is 4.83. The Morgan fingerprint density at radius 3 is 2.75 bits per heavy atom. The fourth-order valence-corrected chi connectivity index (χ4v) is 1.91. The SMILES string of the molecule is COC(=O)C(C)(C)[C@H](N)c1cccnc1Br. The minimum Gasteiger partial charge on any atom is -0.469 e. The Balaban J connectivity index is 3.07. The highest BCUT2D eigenvalue weighted by molar-refractivity contribution is 9.10. The van der Waals surface area contributed by atoms with E-state index in [-0.39, 0.29) is 5.97 Å². The number of hydrogen-bond acceptors (Lipinski definition) is 4. The molecule has 0 bridgehead atoms. The van der Waals surface area contributed by atoms with Crippen molar-refractivity contribution in [1.29, 1.82) is 0 Å². The molecule has 4 nitrogen and oxygen atoms in total. The summed E-state index contributed by atoms with van der Waals surface area (Å²) >= 11 is 3.32. The van der Waals surface area contributed by atoms with Crippen LogP contribution >= 0.6 is 15.9 Å². The predicted molar refractivity (Wildman–Crippen MR) is 64.7 cm³/mol. The number of nitrogens with two attached hydrogens (primary N) is 1. The van der Waals surface area contributed by atoms with Crippen molar-refractivity contribution in [3.05, 3.63) is 28.5 Å². The van der Waals surface area contributed by atoms with Gasteiger partial charge in [0.2, 0.25) is 0 Å². The zero-order valence-corrected chi connectivity index (χ0v) is 11.1. The third kappa shape index (κ3) is 2.41. The topological polar surface area (TPSA) is 65.2 Å². The summed E-state index contributed by atoms with van der Waals surface area (Å²) in [6.07, 6.45) is 1.66. The van der Waals surface area contributed by atoms with Crippen molar-refractivity contribution >= 4 is 21.9 Å². The Labute approximate surface area is 103 Å². The van der Waals surface area contributed by atoms with E-state index in [1.807, 2.05) is 6.07 Å². The van der Waals surface area contributed by atoms with Crippen molar-refractivity contribution in [3.8, 4) is 0 Å². The molecule has 2 N–H and O–H groups in total. The molecule has 0 aliphatic carbocycles. The number of nitrogens with zero attached hydrogens (tertiary/aromatic N) is 1. The molecule has 0 aromatic carbocycles. The molecule has 0 radical (unpaired) electrons. The van der Waals surface area contributed by atoms with Crippen molar-refractivity contribution in [1.82, 2.24) is 4.98 Å². The number of methoxy groups -OCH3 is 1. The molecule has 0 fully saturated rings. The number of esters is 1. The normalized spacial score (nSPS) is 13.3. The number of ether oxygens (including phenoxy) is 1. The number of aromatic nitrogens is 1. The fourth-order valence-electron chi connectivity index (χ4n) is 1.41. The molecule has 0 saturated heterocycles. The Kier molecular flexibility index (Phi) is 4.04. The summed E-state index contributed by atoms with van der Waals surface area (Å²) in [4.78, 5) is 15.7. The van der Waals surface area contributed by atoms with Gasteiger partial charge in [0.05, 0.1) is 12.5 Å². The highest BCUT2D eigenvalue weighted by Gasteiger charge is 2.37. The Morgan fingerprint density at radius 2 is 2.25 bits per heavy atom. The molecule has 1 aromatic heterocycles. The third-order valence-corrected chi connectivity index (χ3v) is 3.27. The van der Waals surface area contributed by atoms with Gasteiger partial charge in [0.15, 0.2) is 0 Å². The van der Waals surface area contributed by atoms with Crippen LogP contribution in [0.2, 0.25) is 0 Å². The zero-order valence-electron chi connectivity index (χ0n) is 9.53. The quantitative estimate of drug-likeness (QED) is 0.682. The molecule has 0 amide bonds. The average molecular weight is 287 g/mol. The molecule has 1 aromatic rings. The van der Waals surface area contributed by atoms with Crippen LogP contribution in [0.4, 0.5) is 0 Å². The molecule has 1 atom stereocenters. The Morgan fingerprint density at radius 1 is 1.62 bits per heavy atom. The van der Waals surface area contributed by atoms with Gasteiger partial charge in [-0.2, -0.15) is 0 Å². The highest BCUT2D eigenvalue weighted by Crippen LogP contribution is 2.34. The average Bonchev–Trinajstić information content (AvgIpc) is 2.27. The standard InChI is InChI=1S/C11H15BrN2O2/c1-11(2,10(15)16-3)8(13)7-5-4-6-14-9(7)12/h4-6,8H,13H2,1-3H3/t8-/m1/s1. The Bertz CT molecular complexity index is 393. The molecule has 0 aliphatic heterocycles. The first-order valence-electron chi connectivity index (χ1n) is 4.85. The molecule has 1 rings (SSSR count). The van der Waals surface area contributed by atoms with E-state index in [2.05, 4.69) is 20.9 Å².